The zero-order valence-electron chi connectivity index (χ0n) is 30.3. The third kappa shape index (κ3) is 6.51. The predicted octanol–water partition coefficient (Wildman–Crippen LogP) is 14.0. The van der Waals surface area contributed by atoms with E-state index >= 15 is 0 Å². The lowest BCUT2D eigenvalue weighted by Crippen LogP contribution is -2.09. The van der Waals surface area contributed by atoms with Crippen LogP contribution < -0.4 is 4.90 Å². The number of hydrogen-bond donors (Lipinski definition) is 0. The van der Waals surface area contributed by atoms with E-state index in [1.54, 1.807) is 11.3 Å². The van der Waals surface area contributed by atoms with Crippen LogP contribution in [0.25, 0.3) is 76.6 Å². The smallest absolute Gasteiger partial charge is 0.164 e. The molecule has 10 rings (SSSR count). The largest absolute Gasteiger partial charge is 0.310 e. The monoisotopic (exact) mass is 734 g/mol. The molecular weight excluding hydrogens is 701 g/mol. The normalized spacial score (nSPS) is 11.2. The van der Waals surface area contributed by atoms with Crippen molar-refractivity contribution in [1.82, 2.24) is 15.0 Å². The van der Waals surface area contributed by atoms with Gasteiger partial charge in [0.1, 0.15) is 0 Å². The summed E-state index contributed by atoms with van der Waals surface area (Å²) in [7, 11) is 0. The first-order valence-corrected chi connectivity index (χ1v) is 19.5. The minimum absolute atomic E-state index is 0.654. The summed E-state index contributed by atoms with van der Waals surface area (Å²) in [6.07, 6.45) is 0. The number of nitrogens with zero attached hydrogens (tertiary/aromatic N) is 4. The van der Waals surface area contributed by atoms with Crippen molar-refractivity contribution >= 4 is 48.6 Å². The number of fused-ring (bicyclic) bond motifs is 3. The van der Waals surface area contributed by atoms with Crippen LogP contribution in [0.1, 0.15) is 0 Å². The molecule has 2 aromatic heterocycles. The van der Waals surface area contributed by atoms with Gasteiger partial charge in [0.15, 0.2) is 17.5 Å². The van der Waals surface area contributed by atoms with Gasteiger partial charge in [-0.25, -0.2) is 15.0 Å². The third-order valence-electron chi connectivity index (χ3n) is 10.1. The number of hydrogen-bond acceptors (Lipinski definition) is 5. The molecule has 5 heteroatoms. The van der Waals surface area contributed by atoms with Crippen LogP contribution in [0.4, 0.5) is 17.1 Å². The first-order chi connectivity index (χ1) is 27.7. The molecule has 0 fully saturated rings. The Kier molecular flexibility index (Phi) is 8.67. The lowest BCUT2D eigenvalue weighted by atomic mass is 10.0. The maximum absolute atomic E-state index is 4.99. The summed E-state index contributed by atoms with van der Waals surface area (Å²) in [6, 6.07) is 72.4. The van der Waals surface area contributed by atoms with Crippen LogP contribution in [0.5, 0.6) is 0 Å². The average Bonchev–Trinajstić information content (AvgIpc) is 3.65. The van der Waals surface area contributed by atoms with Crippen molar-refractivity contribution in [1.29, 1.82) is 0 Å². The van der Waals surface area contributed by atoms with Crippen molar-refractivity contribution in [3.05, 3.63) is 206 Å². The summed E-state index contributed by atoms with van der Waals surface area (Å²) in [5.74, 6) is 1.97. The molecule has 0 bridgehead atoms. The van der Waals surface area contributed by atoms with Crippen molar-refractivity contribution in [3.8, 4) is 56.4 Å². The summed E-state index contributed by atoms with van der Waals surface area (Å²) < 4.78 is 2.40. The Morgan fingerprint density at radius 3 is 1.09 bits per heavy atom. The molecule has 0 saturated heterocycles. The molecule has 56 heavy (non-hydrogen) atoms. The Morgan fingerprint density at radius 1 is 0.286 bits per heavy atom. The second kappa shape index (κ2) is 14.6. The lowest BCUT2D eigenvalue weighted by molar-refractivity contribution is 1.07. The summed E-state index contributed by atoms with van der Waals surface area (Å²) in [5.41, 5.74) is 10.9. The highest BCUT2D eigenvalue weighted by Crippen LogP contribution is 2.42. The molecule has 0 spiro atoms. The maximum Gasteiger partial charge on any atom is 0.164 e. The van der Waals surface area contributed by atoms with Gasteiger partial charge in [0, 0.05) is 53.9 Å². The van der Waals surface area contributed by atoms with Gasteiger partial charge in [-0.1, -0.05) is 164 Å². The molecule has 2 heterocycles. The molecule has 0 aliphatic carbocycles. The van der Waals surface area contributed by atoms with E-state index in [0.29, 0.717) is 17.5 Å². The van der Waals surface area contributed by atoms with Crippen LogP contribution in [0.15, 0.2) is 206 Å². The van der Waals surface area contributed by atoms with E-state index in [9.17, 15) is 0 Å². The Bertz CT molecular complexity index is 2790. The van der Waals surface area contributed by atoms with Gasteiger partial charge in [-0.05, 0) is 64.7 Å². The average molecular weight is 735 g/mol. The van der Waals surface area contributed by atoms with Gasteiger partial charge in [-0.3, -0.25) is 0 Å². The second-order valence-corrected chi connectivity index (χ2v) is 14.8. The van der Waals surface area contributed by atoms with Crippen LogP contribution in [0.3, 0.4) is 0 Å². The molecule has 0 unspecified atom stereocenters. The van der Waals surface area contributed by atoms with Crippen molar-refractivity contribution in [2.45, 2.75) is 0 Å². The molecule has 8 aromatic carbocycles. The first-order valence-electron chi connectivity index (χ1n) is 18.7. The number of thiophene rings is 1. The maximum atomic E-state index is 4.99. The summed E-state index contributed by atoms with van der Waals surface area (Å²) >= 11 is 1.80. The summed E-state index contributed by atoms with van der Waals surface area (Å²) in [6.45, 7) is 0. The van der Waals surface area contributed by atoms with E-state index in [4.69, 9.17) is 15.0 Å². The number of rotatable bonds is 8. The fourth-order valence-electron chi connectivity index (χ4n) is 7.30. The SMILES string of the molecule is c1ccc(-c2ccc(N(c3ccc(-c4ccccc4)cc3)c3ccc4c(c3)sc3cc(-c5nc(-c6ccccc6)nc(-c6ccccc6)n5)ccc34)cc2)cc1. The Morgan fingerprint density at radius 2 is 0.625 bits per heavy atom. The third-order valence-corrected chi connectivity index (χ3v) is 11.3. The zero-order valence-corrected chi connectivity index (χ0v) is 31.1. The van der Waals surface area contributed by atoms with E-state index in [1.165, 1.54) is 42.4 Å². The number of anilines is 3. The molecule has 0 atom stereocenters. The minimum atomic E-state index is 0.654. The van der Waals surface area contributed by atoms with Crippen molar-refractivity contribution in [3.63, 3.8) is 0 Å². The summed E-state index contributed by atoms with van der Waals surface area (Å²) in [4.78, 5) is 17.2. The molecule has 0 aliphatic heterocycles. The van der Waals surface area contributed by atoms with Crippen LogP contribution in [0, 0.1) is 0 Å². The highest BCUT2D eigenvalue weighted by atomic mass is 32.1. The molecule has 0 aliphatic rings. The van der Waals surface area contributed by atoms with E-state index in [2.05, 4.69) is 150 Å². The minimum Gasteiger partial charge on any atom is -0.310 e. The molecule has 4 nitrogen and oxygen atoms in total. The van der Waals surface area contributed by atoms with Crippen molar-refractivity contribution in [2.24, 2.45) is 0 Å². The predicted molar refractivity (Wildman–Crippen MR) is 235 cm³/mol. The van der Waals surface area contributed by atoms with E-state index < -0.39 is 0 Å². The summed E-state index contributed by atoms with van der Waals surface area (Å²) in [5, 5.41) is 2.44. The topological polar surface area (TPSA) is 41.9 Å². The van der Waals surface area contributed by atoms with Gasteiger partial charge in [-0.15, -0.1) is 11.3 Å². The Hall–Kier alpha value is -7.21. The van der Waals surface area contributed by atoms with Crippen molar-refractivity contribution in [2.75, 3.05) is 4.90 Å². The van der Waals surface area contributed by atoms with E-state index in [0.717, 1.165) is 33.8 Å². The lowest BCUT2D eigenvalue weighted by Gasteiger charge is -2.26. The van der Waals surface area contributed by atoms with Gasteiger partial charge in [-0.2, -0.15) is 0 Å². The van der Waals surface area contributed by atoms with Crippen molar-refractivity contribution < 1.29 is 0 Å². The Balaban J connectivity index is 1.06. The van der Waals surface area contributed by atoms with Crippen LogP contribution in [-0.2, 0) is 0 Å². The molecular formula is C51H34N4S. The molecule has 0 N–H and O–H groups in total. The molecule has 0 amide bonds. The molecule has 0 radical (unpaired) electrons. The van der Waals surface area contributed by atoms with Crippen LogP contribution >= 0.6 is 11.3 Å². The molecule has 0 saturated carbocycles. The highest BCUT2D eigenvalue weighted by Gasteiger charge is 2.17. The van der Waals surface area contributed by atoms with Crippen LogP contribution in [-0.4, -0.2) is 15.0 Å². The molecule has 264 valence electrons. The van der Waals surface area contributed by atoms with Gasteiger partial charge >= 0.3 is 0 Å². The second-order valence-electron chi connectivity index (χ2n) is 13.7. The fraction of sp³-hybridized carbons (Fsp3) is 0. The van der Waals surface area contributed by atoms with Gasteiger partial charge < -0.3 is 4.90 Å². The first kappa shape index (κ1) is 33.4. The number of benzene rings is 8. The van der Waals surface area contributed by atoms with Gasteiger partial charge in [0.05, 0.1) is 0 Å². The van der Waals surface area contributed by atoms with E-state index in [-0.39, 0.29) is 0 Å². The molecule has 10 aromatic rings. The zero-order chi connectivity index (χ0) is 37.3. The van der Waals surface area contributed by atoms with E-state index in [1.807, 2.05) is 60.7 Å². The Labute approximate surface area is 329 Å². The van der Waals surface area contributed by atoms with Crippen LogP contribution in [0.2, 0.25) is 0 Å². The highest BCUT2D eigenvalue weighted by molar-refractivity contribution is 7.25. The van der Waals surface area contributed by atoms with Gasteiger partial charge in [0.2, 0.25) is 0 Å². The number of aromatic nitrogens is 3. The standard InChI is InChI=1S/C51H34N4S/c1-5-13-35(14-6-1)37-21-26-42(27-22-37)55(43-28-23-38(24-29-43)36-15-7-2-8-16-36)44-30-32-46-45-31-25-41(33-47(45)56-48(46)34-44)51-53-49(39-17-9-3-10-18-39)52-50(54-51)40-19-11-4-12-20-40/h1-34H. The quantitative estimate of drug-likeness (QED) is 0.156. The fourth-order valence-corrected chi connectivity index (χ4v) is 8.47. The van der Waals surface area contributed by atoms with Gasteiger partial charge in [0.25, 0.3) is 0 Å².